The third-order valence-corrected chi connectivity index (χ3v) is 17.7. The van der Waals surface area contributed by atoms with E-state index in [1.165, 1.54) is 0 Å². The van der Waals surface area contributed by atoms with E-state index in [0.29, 0.717) is 0 Å². The van der Waals surface area contributed by atoms with Crippen LogP contribution in [0.3, 0.4) is 0 Å². The van der Waals surface area contributed by atoms with Crippen LogP contribution in [-0.4, -0.2) is 14.8 Å². The molecule has 0 aliphatic carbocycles. The molecule has 1 heterocycles. The molecule has 1 aliphatic heterocycles. The lowest BCUT2D eigenvalue weighted by atomic mass is 11.8. The molecular formula is C2H5Cl3Si2. The summed E-state index contributed by atoms with van der Waals surface area (Å²) in [7, 11) is -0.824. The number of halogens is 3. The lowest BCUT2D eigenvalue weighted by molar-refractivity contribution is 1.63. The molecule has 1 aliphatic rings. The van der Waals surface area contributed by atoms with Crippen molar-refractivity contribution < 1.29 is 0 Å². The van der Waals surface area contributed by atoms with Gasteiger partial charge in [-0.1, -0.05) is 0 Å². The fraction of sp³-hybridized carbons (Fsp3) is 1.00. The van der Waals surface area contributed by atoms with E-state index < -0.39 is 14.8 Å². The summed E-state index contributed by atoms with van der Waals surface area (Å²) < 4.78 is 0. The summed E-state index contributed by atoms with van der Waals surface area (Å²) in [4.78, 5) is 0. The Morgan fingerprint density at radius 1 is 1.29 bits per heavy atom. The maximum atomic E-state index is 5.75. The first-order chi connectivity index (χ1) is 3.10. The minimum Gasteiger partial charge on any atom is -0.172 e. The molecule has 0 N–H and O–H groups in total. The largest absolute Gasteiger partial charge is 0.248 e. The molecule has 0 aromatic heterocycles. The summed E-state index contributed by atoms with van der Waals surface area (Å²) >= 11 is 17.2. The molecule has 0 aromatic carbocycles. The fourth-order valence-electron chi connectivity index (χ4n) is 0.588. The van der Waals surface area contributed by atoms with Crippen molar-refractivity contribution >= 4 is 48.0 Å². The van der Waals surface area contributed by atoms with Crippen LogP contribution in [0, 0.1) is 0 Å². The minimum absolute atomic E-state index is 0.824. The molecule has 0 bridgehead atoms. The first-order valence-electron chi connectivity index (χ1n) is 2.12. The molecule has 0 spiro atoms. The monoisotopic (exact) mass is 190 g/mol. The lowest BCUT2D eigenvalue weighted by Crippen LogP contribution is -2.41. The van der Waals surface area contributed by atoms with Gasteiger partial charge in [0, 0.05) is 0 Å². The van der Waals surface area contributed by atoms with E-state index in [-0.39, 0.29) is 0 Å². The van der Waals surface area contributed by atoms with Gasteiger partial charge in [0.2, 0.25) is 6.69 Å². The smallest absolute Gasteiger partial charge is 0.172 e. The first kappa shape index (κ1) is 6.42. The number of hydrogen-bond acceptors (Lipinski definition) is 0. The van der Waals surface area contributed by atoms with E-state index in [0.717, 1.165) is 11.3 Å². The average molecular weight is 192 g/mol. The maximum absolute atomic E-state index is 5.75. The Morgan fingerprint density at radius 3 is 1.71 bits per heavy atom. The predicted octanol–water partition coefficient (Wildman–Crippen LogP) is 1.96. The van der Waals surface area contributed by atoms with Gasteiger partial charge in [-0.3, -0.25) is 0 Å². The van der Waals surface area contributed by atoms with E-state index in [1.807, 2.05) is 0 Å². The van der Waals surface area contributed by atoms with E-state index in [2.05, 4.69) is 0 Å². The Morgan fingerprint density at radius 2 is 1.71 bits per heavy atom. The van der Waals surface area contributed by atoms with E-state index in [1.54, 1.807) is 0 Å². The molecule has 1 fully saturated rings. The van der Waals surface area contributed by atoms with E-state index >= 15 is 0 Å². The zero-order valence-corrected chi connectivity index (χ0v) is 8.05. The van der Waals surface area contributed by atoms with Crippen molar-refractivity contribution in [2.45, 2.75) is 11.3 Å². The average Bonchev–Trinajstić information content (AvgIpc) is 1.27. The van der Waals surface area contributed by atoms with Crippen LogP contribution in [0.15, 0.2) is 0 Å². The van der Waals surface area contributed by atoms with Crippen LogP contribution < -0.4 is 0 Å². The van der Waals surface area contributed by atoms with Gasteiger partial charge in [-0.15, -0.1) is 22.2 Å². The topological polar surface area (TPSA) is 0 Å². The van der Waals surface area contributed by atoms with Crippen molar-refractivity contribution in [1.82, 2.24) is 0 Å². The van der Waals surface area contributed by atoms with Crippen LogP contribution in [0.4, 0.5) is 0 Å². The Bertz CT molecular complexity index is 75.0. The minimum atomic E-state index is -1.64. The first-order valence-corrected chi connectivity index (χ1v) is 9.94. The second-order valence-corrected chi connectivity index (χ2v) is 14.8. The summed E-state index contributed by atoms with van der Waals surface area (Å²) in [5.74, 6) is 0. The van der Waals surface area contributed by atoms with Crippen molar-refractivity contribution in [1.29, 1.82) is 0 Å². The summed E-state index contributed by atoms with van der Waals surface area (Å²) in [6.45, 7) is -1.64. The molecule has 0 saturated carbocycles. The third kappa shape index (κ3) is 1.61. The normalized spacial score (nSPS) is 29.6. The van der Waals surface area contributed by atoms with Gasteiger partial charge >= 0.3 is 0 Å². The van der Waals surface area contributed by atoms with Crippen LogP contribution >= 0.6 is 33.2 Å². The molecular weight excluding hydrogens is 187 g/mol. The van der Waals surface area contributed by atoms with E-state index in [4.69, 9.17) is 33.2 Å². The van der Waals surface area contributed by atoms with Gasteiger partial charge in [-0.05, 0) is 11.3 Å². The highest BCUT2D eigenvalue weighted by molar-refractivity contribution is 7.56. The zero-order chi connectivity index (χ0) is 5.49. The van der Waals surface area contributed by atoms with Crippen LogP contribution in [0.5, 0.6) is 0 Å². The van der Waals surface area contributed by atoms with Gasteiger partial charge in [0.1, 0.15) is 8.11 Å². The Balaban J connectivity index is 2.29. The van der Waals surface area contributed by atoms with Gasteiger partial charge in [0.15, 0.2) is 0 Å². The van der Waals surface area contributed by atoms with E-state index in [9.17, 15) is 0 Å². The van der Waals surface area contributed by atoms with Gasteiger partial charge in [0.05, 0.1) is 0 Å². The molecule has 0 radical (unpaired) electrons. The second-order valence-electron chi connectivity index (χ2n) is 1.86. The second kappa shape index (κ2) is 1.92. The summed E-state index contributed by atoms with van der Waals surface area (Å²) in [5.41, 5.74) is 2.02. The molecule has 0 atom stereocenters. The Kier molecular flexibility index (Phi) is 1.76. The molecule has 1 rings (SSSR count). The van der Waals surface area contributed by atoms with Crippen molar-refractivity contribution in [3.05, 3.63) is 0 Å². The van der Waals surface area contributed by atoms with Crippen LogP contribution in [0.25, 0.3) is 0 Å². The SMILES string of the molecule is Cl[SiH]1C[Si](Cl)(Cl)C1. The summed E-state index contributed by atoms with van der Waals surface area (Å²) in [5, 5.41) is 0. The third-order valence-electron chi connectivity index (χ3n) is 1.04. The molecule has 0 nitrogen and oxygen atoms in total. The highest BCUT2D eigenvalue weighted by atomic mass is 35.7. The van der Waals surface area contributed by atoms with Crippen LogP contribution in [0.2, 0.25) is 11.3 Å². The molecule has 1 saturated heterocycles. The van der Waals surface area contributed by atoms with Crippen molar-refractivity contribution in [2.75, 3.05) is 0 Å². The van der Waals surface area contributed by atoms with Gasteiger partial charge in [-0.25, -0.2) is 0 Å². The van der Waals surface area contributed by atoms with Gasteiger partial charge in [0.25, 0.3) is 0 Å². The van der Waals surface area contributed by atoms with Crippen LogP contribution in [0.1, 0.15) is 0 Å². The Hall–Kier alpha value is 1.30. The molecule has 5 heteroatoms. The molecule has 0 unspecified atom stereocenters. The van der Waals surface area contributed by atoms with Crippen molar-refractivity contribution in [3.63, 3.8) is 0 Å². The standard InChI is InChI=1S/C2H5Cl3Si2/c3-6-1-7(4,5)2-6/h6H,1-2H2. The van der Waals surface area contributed by atoms with Crippen LogP contribution in [-0.2, 0) is 0 Å². The fourth-order valence-corrected chi connectivity index (χ4v) is 19.6. The molecule has 0 aromatic rings. The van der Waals surface area contributed by atoms with Gasteiger partial charge in [-0.2, -0.15) is 11.1 Å². The highest BCUT2D eigenvalue weighted by Gasteiger charge is 2.44. The molecule has 0 amide bonds. The summed E-state index contributed by atoms with van der Waals surface area (Å²) in [6, 6.07) is 0. The predicted molar refractivity (Wildman–Crippen MR) is 40.1 cm³/mol. The number of rotatable bonds is 0. The number of hydrogen-bond donors (Lipinski definition) is 0. The maximum Gasteiger partial charge on any atom is 0.248 e. The Labute approximate surface area is 59.5 Å². The van der Waals surface area contributed by atoms with Crippen molar-refractivity contribution in [3.8, 4) is 0 Å². The molecule has 42 valence electrons. The quantitative estimate of drug-likeness (QED) is 0.406. The summed E-state index contributed by atoms with van der Waals surface area (Å²) in [6.07, 6.45) is 0. The highest BCUT2D eigenvalue weighted by Crippen LogP contribution is 2.39. The molecule has 7 heavy (non-hydrogen) atoms. The lowest BCUT2D eigenvalue weighted by Gasteiger charge is -2.29. The van der Waals surface area contributed by atoms with Gasteiger partial charge < -0.3 is 0 Å². The zero-order valence-electron chi connectivity index (χ0n) is 3.63. The van der Waals surface area contributed by atoms with Crippen molar-refractivity contribution in [2.24, 2.45) is 0 Å².